The van der Waals surface area contributed by atoms with Crippen LogP contribution in [0, 0.1) is 0 Å². The third-order valence-corrected chi connectivity index (χ3v) is 19.2. The first-order chi connectivity index (χ1) is 39.1. The van der Waals surface area contributed by atoms with E-state index in [-0.39, 0.29) is 21.7 Å². The fourth-order valence-corrected chi connectivity index (χ4v) is 14.2. The number of methoxy groups -OCH3 is 2. The molecule has 428 valence electrons. The highest BCUT2D eigenvalue weighted by Gasteiger charge is 2.32. The van der Waals surface area contributed by atoms with E-state index in [4.69, 9.17) is 28.0 Å². The average molecular weight is 1130 g/mol. The Morgan fingerprint density at radius 3 is 0.695 bits per heavy atom. The number of rotatable bonds is 16. The third-order valence-electron chi connectivity index (χ3n) is 15.4. The second-order valence-corrected chi connectivity index (χ2v) is 29.6. The second-order valence-electron chi connectivity index (χ2n) is 26.0. The Morgan fingerprint density at radius 1 is 0.293 bits per heavy atom. The van der Waals surface area contributed by atoms with Crippen molar-refractivity contribution in [3.63, 3.8) is 0 Å². The maximum absolute atomic E-state index is 7.91. The molecular formula is C74H86O6P2. The van der Waals surface area contributed by atoms with Crippen molar-refractivity contribution in [3.8, 4) is 23.0 Å². The first-order valence-corrected chi connectivity index (χ1v) is 31.7. The van der Waals surface area contributed by atoms with Crippen LogP contribution in [0.4, 0.5) is 0 Å². The quantitative estimate of drug-likeness (QED) is 0.0710. The van der Waals surface area contributed by atoms with E-state index in [0.717, 1.165) is 88.7 Å². The summed E-state index contributed by atoms with van der Waals surface area (Å²) in [4.78, 5) is 0. The summed E-state index contributed by atoms with van der Waals surface area (Å²) in [5.74, 6) is 3.52. The van der Waals surface area contributed by atoms with Crippen LogP contribution in [0.25, 0.3) is 0 Å². The van der Waals surface area contributed by atoms with Gasteiger partial charge in [0.2, 0.25) is 0 Å². The number of hydrogen-bond acceptors (Lipinski definition) is 6. The zero-order valence-electron chi connectivity index (χ0n) is 51.2. The summed E-state index contributed by atoms with van der Waals surface area (Å²) < 4.78 is 41.7. The van der Waals surface area contributed by atoms with Gasteiger partial charge in [0.05, 0.1) is 13.2 Å². The molecule has 0 atom stereocenters. The summed E-state index contributed by atoms with van der Waals surface area (Å²) in [6.45, 7) is 29.5. The number of ether oxygens (including phenoxy) is 4. The predicted molar refractivity (Wildman–Crippen MR) is 346 cm³/mol. The summed E-state index contributed by atoms with van der Waals surface area (Å²) in [7, 11) is 0.803. The van der Waals surface area contributed by atoms with Gasteiger partial charge < -0.3 is 28.0 Å². The van der Waals surface area contributed by atoms with E-state index in [1.54, 1.807) is 14.2 Å². The van der Waals surface area contributed by atoms with Gasteiger partial charge in [0.15, 0.2) is 16.3 Å². The molecule has 0 saturated heterocycles. The standard InChI is InChI=1S/C74H86O6P2/c1-71(2,3)59-43-51-39-55-47-61(73(7,8)9)49-57(69(55)79-81(63-27-19-15-20-28-63)64-29-21-16-22-30-64)41-53-45-60(72(4,5)6)46-54(68(53)78-38-36-76-14)42-58-50-62(74(10,11)12)48-56(40-52(44-59)67(51)77-37-35-75-13)70(58)80-82(65-31-23-17-24-32-65)66-33-25-18-26-34-66/h15-34,43-50H,35-42H2,1-14H3. The molecule has 1 aliphatic rings. The summed E-state index contributed by atoms with van der Waals surface area (Å²) in [5, 5.41) is 4.56. The fraction of sp³-hybridized carbons (Fsp3) is 0.351. The van der Waals surface area contributed by atoms with Gasteiger partial charge in [-0.1, -0.05) is 253 Å². The highest BCUT2D eigenvalue weighted by atomic mass is 31.1. The van der Waals surface area contributed by atoms with Crippen LogP contribution >= 0.6 is 16.3 Å². The predicted octanol–water partition coefficient (Wildman–Crippen LogP) is 16.5. The minimum atomic E-state index is -1.34. The van der Waals surface area contributed by atoms with Gasteiger partial charge in [0.1, 0.15) is 36.2 Å². The third kappa shape index (κ3) is 14.6. The maximum Gasteiger partial charge on any atom is 0.150 e. The lowest BCUT2D eigenvalue weighted by molar-refractivity contribution is 0.145. The highest BCUT2D eigenvalue weighted by molar-refractivity contribution is 7.69. The van der Waals surface area contributed by atoms with Crippen LogP contribution < -0.4 is 39.7 Å². The average Bonchev–Trinajstić information content (AvgIpc) is 2.79. The van der Waals surface area contributed by atoms with Gasteiger partial charge in [0, 0.05) is 61.1 Å². The number of hydrogen-bond donors (Lipinski definition) is 0. The van der Waals surface area contributed by atoms with Gasteiger partial charge in [-0.3, -0.25) is 0 Å². The Hall–Kier alpha value is -6.26. The monoisotopic (exact) mass is 1130 g/mol. The van der Waals surface area contributed by atoms with Crippen LogP contribution in [-0.4, -0.2) is 40.6 Å². The molecule has 0 N–H and O–H groups in total. The minimum absolute atomic E-state index is 0.207. The molecule has 0 heterocycles. The molecule has 0 amide bonds. The Morgan fingerprint density at radius 2 is 0.500 bits per heavy atom. The Labute approximate surface area is 493 Å². The van der Waals surface area contributed by atoms with Gasteiger partial charge in [-0.2, -0.15) is 0 Å². The highest BCUT2D eigenvalue weighted by Crippen LogP contribution is 2.49. The number of benzene rings is 8. The molecule has 9 rings (SSSR count). The zero-order valence-corrected chi connectivity index (χ0v) is 53.0. The molecule has 1 aliphatic carbocycles. The summed E-state index contributed by atoms with van der Waals surface area (Å²) >= 11 is 0. The molecule has 0 aliphatic heterocycles. The van der Waals surface area contributed by atoms with Crippen molar-refractivity contribution in [2.24, 2.45) is 0 Å². The van der Waals surface area contributed by atoms with Crippen LogP contribution in [0.5, 0.6) is 23.0 Å². The van der Waals surface area contributed by atoms with Crippen LogP contribution in [0.1, 0.15) is 150 Å². The van der Waals surface area contributed by atoms with Gasteiger partial charge in [-0.15, -0.1) is 0 Å². The van der Waals surface area contributed by atoms with E-state index in [1.807, 2.05) is 0 Å². The fourth-order valence-electron chi connectivity index (χ4n) is 10.6. The molecule has 0 unspecified atom stereocenters. The normalized spacial score (nSPS) is 13.1. The summed E-state index contributed by atoms with van der Waals surface area (Å²) in [6.07, 6.45) is 2.19. The van der Waals surface area contributed by atoms with Crippen molar-refractivity contribution in [2.45, 2.75) is 130 Å². The van der Waals surface area contributed by atoms with Gasteiger partial charge in [0.25, 0.3) is 0 Å². The van der Waals surface area contributed by atoms with Crippen molar-refractivity contribution < 1.29 is 28.0 Å². The molecule has 0 fully saturated rings. The van der Waals surface area contributed by atoms with E-state index < -0.39 is 16.3 Å². The molecule has 8 aromatic rings. The molecule has 82 heavy (non-hydrogen) atoms. The first-order valence-electron chi connectivity index (χ1n) is 29.1. The van der Waals surface area contributed by atoms with E-state index >= 15 is 0 Å². The smallest absolute Gasteiger partial charge is 0.150 e. The van der Waals surface area contributed by atoms with Crippen molar-refractivity contribution >= 4 is 37.5 Å². The maximum atomic E-state index is 7.91. The molecule has 6 nitrogen and oxygen atoms in total. The van der Waals surface area contributed by atoms with Crippen LogP contribution in [0.3, 0.4) is 0 Å². The Bertz CT molecular complexity index is 3020. The molecule has 8 aromatic carbocycles. The van der Waals surface area contributed by atoms with Gasteiger partial charge >= 0.3 is 0 Å². The lowest BCUT2D eigenvalue weighted by atomic mass is 9.79. The molecule has 0 radical (unpaired) electrons. The SMILES string of the molecule is COCCOc1c2cc(C(C)(C)C)cc1Cc1cc(C(C)(C)C)cc(c1OP(c1ccccc1)c1ccccc1)Cc1cc(C(C)(C)C)cc(c1OCCOC)Cc1cc(C(C)(C)C)cc(c1OP(c1ccccc1)c1ccccc1)C2. The van der Waals surface area contributed by atoms with E-state index in [0.29, 0.717) is 52.1 Å². The van der Waals surface area contributed by atoms with Crippen molar-refractivity contribution in [1.82, 2.24) is 0 Å². The van der Waals surface area contributed by atoms with Crippen LogP contribution in [-0.2, 0) is 56.8 Å². The van der Waals surface area contributed by atoms with Gasteiger partial charge in [-0.25, -0.2) is 0 Å². The molecule has 8 bridgehead atoms. The van der Waals surface area contributed by atoms with E-state index in [1.165, 1.54) is 22.3 Å². The largest absolute Gasteiger partial charge is 0.491 e. The molecule has 0 saturated carbocycles. The lowest BCUT2D eigenvalue weighted by Crippen LogP contribution is -2.20. The van der Waals surface area contributed by atoms with Crippen molar-refractivity contribution in [2.75, 3.05) is 40.6 Å². The van der Waals surface area contributed by atoms with Gasteiger partial charge in [-0.05, 0) is 88.4 Å². The Balaban J connectivity index is 1.43. The van der Waals surface area contributed by atoms with Crippen molar-refractivity contribution in [3.05, 3.63) is 237 Å². The first kappa shape index (κ1) is 60.3. The summed E-state index contributed by atoms with van der Waals surface area (Å²) in [6, 6.07) is 62.3. The Kier molecular flexibility index (Phi) is 18.9. The van der Waals surface area contributed by atoms with E-state index in [9.17, 15) is 0 Å². The molecule has 8 heteroatoms. The van der Waals surface area contributed by atoms with E-state index in [2.05, 4.69) is 253 Å². The molecule has 0 aromatic heterocycles. The second kappa shape index (κ2) is 25.7. The number of fused-ring (bicyclic) bond motifs is 8. The van der Waals surface area contributed by atoms with Crippen molar-refractivity contribution in [1.29, 1.82) is 0 Å². The topological polar surface area (TPSA) is 55.4 Å². The summed E-state index contributed by atoms with van der Waals surface area (Å²) in [5.41, 5.74) is 12.9. The molecule has 0 spiro atoms. The van der Waals surface area contributed by atoms with Crippen LogP contribution in [0.15, 0.2) is 170 Å². The molecular weight excluding hydrogens is 1050 g/mol. The van der Waals surface area contributed by atoms with Crippen LogP contribution in [0.2, 0.25) is 0 Å². The zero-order chi connectivity index (χ0) is 58.4. The lowest BCUT2D eigenvalue weighted by Gasteiger charge is -2.30. The minimum Gasteiger partial charge on any atom is -0.491 e.